The summed E-state index contributed by atoms with van der Waals surface area (Å²) in [6.07, 6.45) is 4.81. The molecule has 2 rings (SSSR count). The predicted octanol–water partition coefficient (Wildman–Crippen LogP) is 3.99. The van der Waals surface area contributed by atoms with Crippen LogP contribution in [-0.2, 0) is 0 Å². The Labute approximate surface area is 126 Å². The molecule has 1 unspecified atom stereocenters. The molecule has 20 heavy (non-hydrogen) atoms. The minimum absolute atomic E-state index is 0.105. The predicted molar refractivity (Wildman–Crippen MR) is 82.4 cm³/mol. The van der Waals surface area contributed by atoms with Crippen molar-refractivity contribution < 1.29 is 4.39 Å². The topological polar surface area (TPSA) is 29.3 Å². The summed E-state index contributed by atoms with van der Waals surface area (Å²) in [5.74, 6) is 0.472. The highest BCUT2D eigenvalue weighted by Crippen LogP contribution is 2.33. The summed E-state index contributed by atoms with van der Waals surface area (Å²) in [4.78, 5) is 2.24. The van der Waals surface area contributed by atoms with Gasteiger partial charge in [-0.1, -0.05) is 30.7 Å². The number of hydrogen-bond acceptors (Lipinski definition) is 2. The van der Waals surface area contributed by atoms with Crippen LogP contribution in [0.4, 0.5) is 4.39 Å². The molecule has 1 aromatic carbocycles. The molecule has 4 heteroatoms. The molecular weight excluding hydrogens is 275 g/mol. The van der Waals surface area contributed by atoms with Gasteiger partial charge in [-0.05, 0) is 44.7 Å². The maximum absolute atomic E-state index is 14.2. The normalized spacial score (nSPS) is 24.9. The summed E-state index contributed by atoms with van der Waals surface area (Å²) in [5.41, 5.74) is 6.52. The lowest BCUT2D eigenvalue weighted by Crippen LogP contribution is -2.40. The molecule has 0 radical (unpaired) electrons. The van der Waals surface area contributed by atoms with Crippen molar-refractivity contribution in [3.63, 3.8) is 0 Å². The third kappa shape index (κ3) is 3.33. The molecule has 1 aliphatic rings. The number of benzene rings is 1. The first kappa shape index (κ1) is 15.7. The van der Waals surface area contributed by atoms with Crippen LogP contribution >= 0.6 is 11.6 Å². The molecule has 0 amide bonds. The van der Waals surface area contributed by atoms with E-state index in [1.54, 1.807) is 18.2 Å². The molecule has 1 fully saturated rings. The molecule has 0 spiro atoms. The van der Waals surface area contributed by atoms with Crippen LogP contribution < -0.4 is 5.73 Å². The fourth-order valence-electron chi connectivity index (χ4n) is 3.19. The summed E-state index contributed by atoms with van der Waals surface area (Å²) in [7, 11) is 2.05. The maximum atomic E-state index is 14.2. The number of halogens is 2. The van der Waals surface area contributed by atoms with Gasteiger partial charge in [0.2, 0.25) is 0 Å². The van der Waals surface area contributed by atoms with Crippen molar-refractivity contribution in [1.82, 2.24) is 4.90 Å². The fraction of sp³-hybridized carbons (Fsp3) is 0.625. The van der Waals surface area contributed by atoms with Crippen LogP contribution in [0.15, 0.2) is 18.2 Å². The number of rotatable bonds is 4. The van der Waals surface area contributed by atoms with Gasteiger partial charge in [-0.2, -0.15) is 0 Å². The van der Waals surface area contributed by atoms with Gasteiger partial charge < -0.3 is 5.73 Å². The Balaban J connectivity index is 2.17. The molecule has 2 nitrogen and oxygen atoms in total. The first-order valence-corrected chi connectivity index (χ1v) is 7.78. The van der Waals surface area contributed by atoms with E-state index < -0.39 is 0 Å². The molecule has 0 heterocycles. The summed E-state index contributed by atoms with van der Waals surface area (Å²) in [6.45, 7) is 2.70. The standard InChI is InChI=1S/C16H24ClFN2/c1-11-6-8-12(9-7-11)20(2)15(10-19)13-4-3-5-14(17)16(13)18/h3-5,11-12,15H,6-10,19H2,1-2H3. The molecule has 0 aliphatic heterocycles. The molecule has 2 N–H and O–H groups in total. The number of likely N-dealkylation sites (N-methyl/N-ethyl adjacent to an activating group) is 1. The van der Waals surface area contributed by atoms with Crippen LogP contribution in [0, 0.1) is 11.7 Å². The number of nitrogens with two attached hydrogens (primary N) is 1. The SMILES string of the molecule is CC1CCC(N(C)C(CN)c2cccc(Cl)c2F)CC1. The van der Waals surface area contributed by atoms with Gasteiger partial charge in [-0.3, -0.25) is 4.90 Å². The van der Waals surface area contributed by atoms with Crippen molar-refractivity contribution in [2.45, 2.75) is 44.7 Å². The first-order valence-electron chi connectivity index (χ1n) is 7.40. The molecule has 0 aromatic heterocycles. The minimum Gasteiger partial charge on any atom is -0.329 e. The van der Waals surface area contributed by atoms with Crippen LogP contribution in [0.3, 0.4) is 0 Å². The van der Waals surface area contributed by atoms with Crippen molar-refractivity contribution in [1.29, 1.82) is 0 Å². The zero-order valence-electron chi connectivity index (χ0n) is 12.3. The summed E-state index contributed by atoms with van der Waals surface area (Å²) in [6, 6.07) is 5.54. The molecule has 1 aliphatic carbocycles. The smallest absolute Gasteiger partial charge is 0.146 e. The fourth-order valence-corrected chi connectivity index (χ4v) is 3.38. The van der Waals surface area contributed by atoms with E-state index in [0.717, 1.165) is 18.8 Å². The zero-order valence-corrected chi connectivity index (χ0v) is 13.0. The van der Waals surface area contributed by atoms with Crippen LogP contribution in [0.25, 0.3) is 0 Å². The summed E-state index contributed by atoms with van der Waals surface area (Å²) < 4.78 is 14.2. The lowest BCUT2D eigenvalue weighted by atomic mass is 9.86. The Morgan fingerprint density at radius 3 is 2.60 bits per heavy atom. The molecule has 1 saturated carbocycles. The van der Waals surface area contributed by atoms with E-state index in [1.165, 1.54) is 12.8 Å². The third-order valence-electron chi connectivity index (χ3n) is 4.62. The highest BCUT2D eigenvalue weighted by atomic mass is 35.5. The Hall–Kier alpha value is -0.640. The molecule has 112 valence electrons. The van der Waals surface area contributed by atoms with E-state index >= 15 is 0 Å². The van der Waals surface area contributed by atoms with E-state index in [9.17, 15) is 4.39 Å². The number of hydrogen-bond donors (Lipinski definition) is 1. The number of nitrogens with zero attached hydrogens (tertiary/aromatic N) is 1. The van der Waals surface area contributed by atoms with Crippen molar-refractivity contribution >= 4 is 11.6 Å². The van der Waals surface area contributed by atoms with Crippen LogP contribution in [0.2, 0.25) is 5.02 Å². The summed E-state index contributed by atoms with van der Waals surface area (Å²) in [5, 5.41) is 0.173. The minimum atomic E-state index is -0.333. The quantitative estimate of drug-likeness (QED) is 0.911. The maximum Gasteiger partial charge on any atom is 0.146 e. The average molecular weight is 299 g/mol. The van der Waals surface area contributed by atoms with Gasteiger partial charge in [0.25, 0.3) is 0 Å². The Bertz CT molecular complexity index is 444. The van der Waals surface area contributed by atoms with Crippen molar-refractivity contribution in [2.75, 3.05) is 13.6 Å². The summed E-state index contributed by atoms with van der Waals surface area (Å²) >= 11 is 5.89. The van der Waals surface area contributed by atoms with E-state index in [2.05, 4.69) is 18.9 Å². The Kier molecular flexibility index (Phi) is 5.42. The second-order valence-corrected chi connectivity index (χ2v) is 6.38. The van der Waals surface area contributed by atoms with Gasteiger partial charge >= 0.3 is 0 Å². The molecular formula is C16H24ClFN2. The van der Waals surface area contributed by atoms with Crippen molar-refractivity contribution in [2.24, 2.45) is 11.7 Å². The lowest BCUT2D eigenvalue weighted by Gasteiger charge is -2.38. The average Bonchev–Trinajstić information content (AvgIpc) is 2.45. The molecule has 1 atom stereocenters. The van der Waals surface area contributed by atoms with E-state index in [0.29, 0.717) is 18.2 Å². The van der Waals surface area contributed by atoms with Crippen LogP contribution in [-0.4, -0.2) is 24.5 Å². The van der Waals surface area contributed by atoms with Crippen LogP contribution in [0.1, 0.15) is 44.2 Å². The highest BCUT2D eigenvalue weighted by Gasteiger charge is 2.28. The van der Waals surface area contributed by atoms with E-state index in [-0.39, 0.29) is 16.9 Å². The molecule has 0 saturated heterocycles. The van der Waals surface area contributed by atoms with E-state index in [1.807, 2.05) is 0 Å². The lowest BCUT2D eigenvalue weighted by molar-refractivity contribution is 0.124. The van der Waals surface area contributed by atoms with Gasteiger partial charge in [0.05, 0.1) is 5.02 Å². The van der Waals surface area contributed by atoms with Crippen LogP contribution in [0.5, 0.6) is 0 Å². The van der Waals surface area contributed by atoms with Gasteiger partial charge in [0.15, 0.2) is 0 Å². The van der Waals surface area contributed by atoms with Gasteiger partial charge in [0, 0.05) is 24.2 Å². The van der Waals surface area contributed by atoms with E-state index in [4.69, 9.17) is 17.3 Å². The highest BCUT2D eigenvalue weighted by molar-refractivity contribution is 6.30. The Morgan fingerprint density at radius 1 is 1.35 bits per heavy atom. The second-order valence-electron chi connectivity index (χ2n) is 5.97. The zero-order chi connectivity index (χ0) is 14.7. The van der Waals surface area contributed by atoms with Crippen molar-refractivity contribution in [3.05, 3.63) is 34.6 Å². The third-order valence-corrected chi connectivity index (χ3v) is 4.91. The monoisotopic (exact) mass is 298 g/mol. The molecule has 0 bridgehead atoms. The first-order chi connectivity index (χ1) is 9.54. The van der Waals surface area contributed by atoms with Gasteiger partial charge in [0.1, 0.15) is 5.82 Å². The Morgan fingerprint density at radius 2 is 2.00 bits per heavy atom. The second kappa shape index (κ2) is 6.88. The largest absolute Gasteiger partial charge is 0.329 e. The van der Waals surface area contributed by atoms with Gasteiger partial charge in [-0.15, -0.1) is 0 Å². The van der Waals surface area contributed by atoms with Crippen molar-refractivity contribution in [3.8, 4) is 0 Å². The molecule has 1 aromatic rings. The van der Waals surface area contributed by atoms with Gasteiger partial charge in [-0.25, -0.2) is 4.39 Å².